The molecule has 1 amide bonds. The van der Waals surface area contributed by atoms with Gasteiger partial charge in [0.05, 0.1) is 16.5 Å². The summed E-state index contributed by atoms with van der Waals surface area (Å²) in [7, 11) is 0. The molecule has 0 unspecified atom stereocenters. The lowest BCUT2D eigenvalue weighted by molar-refractivity contribution is -0.139. The summed E-state index contributed by atoms with van der Waals surface area (Å²) in [5.74, 6) is -1.17. The second-order valence-corrected chi connectivity index (χ2v) is 6.94. The Morgan fingerprint density at radius 2 is 1.65 bits per heavy atom. The summed E-state index contributed by atoms with van der Waals surface area (Å²) < 4.78 is 4.91. The van der Waals surface area contributed by atoms with Gasteiger partial charge in [-0.05, 0) is 36.4 Å². The number of thioether (sulfide) groups is 1. The Bertz CT molecular complexity index is 796. The van der Waals surface area contributed by atoms with Crippen LogP contribution in [-0.4, -0.2) is 35.8 Å². The van der Waals surface area contributed by atoms with Crippen molar-refractivity contribution in [3.05, 3.63) is 64.1 Å². The van der Waals surface area contributed by atoms with E-state index in [9.17, 15) is 14.4 Å². The molecule has 2 rings (SSSR count). The van der Waals surface area contributed by atoms with Crippen LogP contribution in [0.2, 0.25) is 10.0 Å². The second kappa shape index (κ2) is 10.2. The fraction of sp³-hybridized carbons (Fsp3) is 0.167. The van der Waals surface area contributed by atoms with Crippen molar-refractivity contribution in [3.63, 3.8) is 0 Å². The van der Waals surface area contributed by atoms with Crippen LogP contribution in [0.1, 0.15) is 10.4 Å². The number of amides is 1. The molecule has 0 aliphatic rings. The van der Waals surface area contributed by atoms with Crippen LogP contribution in [0.4, 0.5) is 5.69 Å². The smallest absolute Gasteiger partial charge is 0.316 e. The number of carbonyl (C=O) groups is 3. The first-order valence-corrected chi connectivity index (χ1v) is 9.43. The largest absolute Gasteiger partial charge is 0.457 e. The first kappa shape index (κ1) is 20.3. The van der Waals surface area contributed by atoms with Gasteiger partial charge in [-0.15, -0.1) is 11.8 Å². The average molecular weight is 412 g/mol. The van der Waals surface area contributed by atoms with Gasteiger partial charge in [0.2, 0.25) is 11.7 Å². The first-order chi connectivity index (χ1) is 12.5. The minimum absolute atomic E-state index is 0.0379. The molecule has 26 heavy (non-hydrogen) atoms. The van der Waals surface area contributed by atoms with Crippen LogP contribution < -0.4 is 5.32 Å². The zero-order chi connectivity index (χ0) is 18.9. The van der Waals surface area contributed by atoms with Crippen LogP contribution in [0.25, 0.3) is 0 Å². The number of halogens is 2. The molecule has 8 heteroatoms. The van der Waals surface area contributed by atoms with Crippen molar-refractivity contribution in [2.75, 3.05) is 23.4 Å². The Labute approximate surface area is 165 Å². The minimum atomic E-state index is -0.574. The van der Waals surface area contributed by atoms with E-state index >= 15 is 0 Å². The lowest BCUT2D eigenvalue weighted by atomic mass is 10.1. The Balaban J connectivity index is 1.67. The molecule has 0 aliphatic heterocycles. The third-order valence-corrected chi connectivity index (χ3v) is 4.61. The van der Waals surface area contributed by atoms with Gasteiger partial charge in [-0.25, -0.2) is 0 Å². The zero-order valence-corrected chi connectivity index (χ0v) is 15.9. The number of esters is 1. The summed E-state index contributed by atoms with van der Waals surface area (Å²) in [6, 6.07) is 13.2. The highest BCUT2D eigenvalue weighted by Crippen LogP contribution is 2.16. The fourth-order valence-corrected chi connectivity index (χ4v) is 2.89. The number of ether oxygens (including phenoxy) is 1. The number of hydrogen-bond acceptors (Lipinski definition) is 5. The standard InChI is InChI=1S/C18H15Cl2NO4S/c19-12-5-7-13(8-6-12)21-17(23)10-26-11-18(24)25-9-16(22)14-3-1-2-4-15(14)20/h1-8H,9-11H2,(H,21,23). The Hall–Kier alpha value is -2.02. The van der Waals surface area contributed by atoms with Crippen LogP contribution in [0.5, 0.6) is 0 Å². The summed E-state index contributed by atoms with van der Waals surface area (Å²) in [6.45, 7) is -0.389. The molecule has 0 bridgehead atoms. The Kier molecular flexibility index (Phi) is 7.97. The SMILES string of the molecule is O=C(CSCC(=O)OCC(=O)c1ccccc1Cl)Nc1ccc(Cl)cc1. The molecule has 2 aromatic carbocycles. The van der Waals surface area contributed by atoms with Gasteiger partial charge in [-0.2, -0.15) is 0 Å². The van der Waals surface area contributed by atoms with Gasteiger partial charge < -0.3 is 10.1 Å². The molecule has 0 spiro atoms. The molecule has 0 heterocycles. The van der Waals surface area contributed by atoms with E-state index in [-0.39, 0.29) is 29.8 Å². The topological polar surface area (TPSA) is 72.5 Å². The van der Waals surface area contributed by atoms with Crippen molar-refractivity contribution in [1.82, 2.24) is 0 Å². The van der Waals surface area contributed by atoms with Gasteiger partial charge in [-0.1, -0.05) is 35.3 Å². The van der Waals surface area contributed by atoms with E-state index in [0.717, 1.165) is 11.8 Å². The van der Waals surface area contributed by atoms with Crippen LogP contribution in [0, 0.1) is 0 Å². The van der Waals surface area contributed by atoms with Gasteiger partial charge in [0, 0.05) is 16.3 Å². The van der Waals surface area contributed by atoms with Crippen molar-refractivity contribution in [2.24, 2.45) is 0 Å². The van der Waals surface area contributed by atoms with E-state index in [0.29, 0.717) is 21.3 Å². The lowest BCUT2D eigenvalue weighted by Crippen LogP contribution is -2.18. The fourth-order valence-electron chi connectivity index (χ4n) is 1.91. The van der Waals surface area contributed by atoms with Gasteiger partial charge in [0.1, 0.15) is 0 Å². The summed E-state index contributed by atoms with van der Waals surface area (Å²) in [4.78, 5) is 35.4. The molecule has 0 radical (unpaired) electrons. The molecule has 0 atom stereocenters. The van der Waals surface area contributed by atoms with E-state index in [4.69, 9.17) is 27.9 Å². The van der Waals surface area contributed by atoms with Crippen molar-refractivity contribution in [2.45, 2.75) is 0 Å². The average Bonchev–Trinajstić information content (AvgIpc) is 2.62. The number of anilines is 1. The van der Waals surface area contributed by atoms with Crippen LogP contribution >= 0.6 is 35.0 Å². The van der Waals surface area contributed by atoms with E-state index < -0.39 is 5.97 Å². The predicted octanol–water partition coefficient (Wildman–Crippen LogP) is 4.09. The Morgan fingerprint density at radius 1 is 0.962 bits per heavy atom. The van der Waals surface area contributed by atoms with Gasteiger partial charge in [0.15, 0.2) is 6.61 Å². The van der Waals surface area contributed by atoms with E-state index in [1.807, 2.05) is 0 Å². The number of Topliss-reactive ketones (excluding diaryl/α,β-unsaturated/α-hetero) is 1. The number of benzene rings is 2. The van der Waals surface area contributed by atoms with Crippen molar-refractivity contribution in [1.29, 1.82) is 0 Å². The summed E-state index contributed by atoms with van der Waals surface area (Å²) >= 11 is 12.8. The molecule has 0 saturated carbocycles. The monoisotopic (exact) mass is 411 g/mol. The molecule has 136 valence electrons. The van der Waals surface area contributed by atoms with E-state index in [1.165, 1.54) is 0 Å². The van der Waals surface area contributed by atoms with Gasteiger partial charge in [0.25, 0.3) is 0 Å². The maximum atomic E-state index is 11.9. The van der Waals surface area contributed by atoms with Crippen molar-refractivity contribution < 1.29 is 19.1 Å². The number of hydrogen-bond donors (Lipinski definition) is 1. The minimum Gasteiger partial charge on any atom is -0.457 e. The van der Waals surface area contributed by atoms with Crippen LogP contribution in [0.15, 0.2) is 48.5 Å². The maximum Gasteiger partial charge on any atom is 0.316 e. The van der Waals surface area contributed by atoms with E-state index in [1.54, 1.807) is 48.5 Å². The molecule has 0 saturated heterocycles. The molecule has 5 nitrogen and oxygen atoms in total. The Morgan fingerprint density at radius 3 is 2.35 bits per heavy atom. The number of carbonyl (C=O) groups excluding carboxylic acids is 3. The molecule has 0 aromatic heterocycles. The highest BCUT2D eigenvalue weighted by Gasteiger charge is 2.13. The molecular formula is C18H15Cl2NO4S. The number of ketones is 1. The van der Waals surface area contributed by atoms with Crippen molar-refractivity contribution in [3.8, 4) is 0 Å². The normalized spacial score (nSPS) is 10.2. The second-order valence-electron chi connectivity index (χ2n) is 5.11. The van der Waals surface area contributed by atoms with Gasteiger partial charge in [-0.3, -0.25) is 14.4 Å². The highest BCUT2D eigenvalue weighted by atomic mass is 35.5. The first-order valence-electron chi connectivity index (χ1n) is 7.52. The predicted molar refractivity (Wildman–Crippen MR) is 104 cm³/mol. The summed E-state index contributed by atoms with van der Waals surface area (Å²) in [6.07, 6.45) is 0. The van der Waals surface area contributed by atoms with E-state index in [2.05, 4.69) is 5.32 Å². The third kappa shape index (κ3) is 6.71. The molecule has 0 fully saturated rings. The van der Waals surface area contributed by atoms with Crippen molar-refractivity contribution >= 4 is 58.3 Å². The quantitative estimate of drug-likeness (QED) is 0.522. The molecular weight excluding hydrogens is 397 g/mol. The highest BCUT2D eigenvalue weighted by molar-refractivity contribution is 8.00. The lowest BCUT2D eigenvalue weighted by Gasteiger charge is -2.06. The summed E-state index contributed by atoms with van der Waals surface area (Å²) in [5, 5.41) is 3.56. The van der Waals surface area contributed by atoms with Crippen LogP contribution in [0.3, 0.4) is 0 Å². The third-order valence-electron chi connectivity index (χ3n) is 3.12. The summed E-state index contributed by atoms with van der Waals surface area (Å²) in [5.41, 5.74) is 0.921. The maximum absolute atomic E-state index is 11.9. The van der Waals surface area contributed by atoms with Crippen LogP contribution in [-0.2, 0) is 14.3 Å². The van der Waals surface area contributed by atoms with Gasteiger partial charge >= 0.3 is 5.97 Å². The molecule has 2 aromatic rings. The zero-order valence-electron chi connectivity index (χ0n) is 13.5. The molecule has 1 N–H and O–H groups in total. The molecule has 0 aliphatic carbocycles. The number of nitrogens with one attached hydrogen (secondary N) is 1. The number of rotatable bonds is 8.